The van der Waals surface area contributed by atoms with E-state index >= 15 is 0 Å². The highest BCUT2D eigenvalue weighted by molar-refractivity contribution is 6.12. The number of anilines is 3. The van der Waals surface area contributed by atoms with E-state index in [-0.39, 0.29) is 11.7 Å². The zero-order valence-electron chi connectivity index (χ0n) is 16.4. The van der Waals surface area contributed by atoms with Gasteiger partial charge in [0.1, 0.15) is 12.0 Å². The summed E-state index contributed by atoms with van der Waals surface area (Å²) < 4.78 is 18.9. The van der Waals surface area contributed by atoms with Crippen molar-refractivity contribution in [3.05, 3.63) is 89.7 Å². The molecular weight excluding hydrogens is 381 g/mol. The van der Waals surface area contributed by atoms with Gasteiger partial charge in [-0.2, -0.15) is 0 Å². The number of fused-ring (bicyclic) bond motifs is 1. The van der Waals surface area contributed by atoms with E-state index in [1.54, 1.807) is 17.0 Å². The van der Waals surface area contributed by atoms with Crippen LogP contribution in [-0.4, -0.2) is 32.2 Å². The molecule has 0 spiro atoms. The van der Waals surface area contributed by atoms with Gasteiger partial charge < -0.3 is 15.0 Å². The largest absolute Gasteiger partial charge is 0.378 e. The zero-order valence-corrected chi connectivity index (χ0v) is 16.4. The molecule has 1 N–H and O–H groups in total. The summed E-state index contributed by atoms with van der Waals surface area (Å²) in [6.45, 7) is 3.16. The van der Waals surface area contributed by atoms with Crippen molar-refractivity contribution >= 4 is 23.0 Å². The van der Waals surface area contributed by atoms with E-state index in [9.17, 15) is 9.18 Å². The minimum absolute atomic E-state index is 0.0854. The van der Waals surface area contributed by atoms with Gasteiger partial charge in [-0.15, -0.1) is 0 Å². The van der Waals surface area contributed by atoms with Gasteiger partial charge in [-0.05, 0) is 54.1 Å². The Morgan fingerprint density at radius 3 is 2.27 bits per heavy atom. The summed E-state index contributed by atoms with van der Waals surface area (Å²) in [5.41, 5.74) is 4.11. The van der Waals surface area contributed by atoms with Crippen molar-refractivity contribution in [2.24, 2.45) is 0 Å². The highest BCUT2D eigenvalue weighted by atomic mass is 19.1. The fourth-order valence-electron chi connectivity index (χ4n) is 4.04. The molecule has 2 aliphatic rings. The molecule has 0 saturated carbocycles. The summed E-state index contributed by atoms with van der Waals surface area (Å²) in [5.74, 6) is -0.388. The van der Waals surface area contributed by atoms with Crippen molar-refractivity contribution in [2.45, 2.75) is 6.17 Å². The van der Waals surface area contributed by atoms with Crippen LogP contribution in [0.25, 0.3) is 0 Å². The van der Waals surface area contributed by atoms with Crippen molar-refractivity contribution in [3.63, 3.8) is 0 Å². The highest BCUT2D eigenvalue weighted by Crippen LogP contribution is 2.37. The SMILES string of the molecule is O=C1c2ccccc2NC(c2ccc(F)cc2)N1c1ccc(N2CCOCC2)cc1. The molecule has 1 unspecified atom stereocenters. The van der Waals surface area contributed by atoms with E-state index in [1.165, 1.54) is 12.1 Å². The van der Waals surface area contributed by atoms with Crippen LogP contribution in [0.15, 0.2) is 72.8 Å². The van der Waals surface area contributed by atoms with Crippen LogP contribution in [0.4, 0.5) is 21.5 Å². The molecule has 3 aromatic rings. The quantitative estimate of drug-likeness (QED) is 0.703. The topological polar surface area (TPSA) is 44.8 Å². The average molecular weight is 403 g/mol. The Balaban J connectivity index is 1.52. The summed E-state index contributed by atoms with van der Waals surface area (Å²) >= 11 is 0. The number of nitrogens with one attached hydrogen (secondary N) is 1. The molecule has 1 amide bonds. The molecule has 1 fully saturated rings. The maximum atomic E-state index is 13.5. The lowest BCUT2D eigenvalue weighted by Gasteiger charge is -2.38. The molecule has 2 aliphatic heterocycles. The molecule has 5 nitrogen and oxygen atoms in total. The van der Waals surface area contributed by atoms with Crippen molar-refractivity contribution in [3.8, 4) is 0 Å². The third kappa shape index (κ3) is 3.39. The smallest absolute Gasteiger partial charge is 0.262 e. The average Bonchev–Trinajstić information content (AvgIpc) is 2.80. The van der Waals surface area contributed by atoms with Crippen molar-refractivity contribution in [1.29, 1.82) is 0 Å². The number of para-hydroxylation sites is 1. The lowest BCUT2D eigenvalue weighted by Crippen LogP contribution is -2.43. The first-order chi connectivity index (χ1) is 14.7. The van der Waals surface area contributed by atoms with Crippen molar-refractivity contribution in [1.82, 2.24) is 0 Å². The fraction of sp³-hybridized carbons (Fsp3) is 0.208. The first kappa shape index (κ1) is 18.6. The standard InChI is InChI=1S/C24H22FN3O2/c25-18-7-5-17(6-8-18)23-26-22-4-2-1-3-21(22)24(29)28(23)20-11-9-19(10-12-20)27-13-15-30-16-14-27/h1-12,23,26H,13-16H2. The Kier molecular flexibility index (Phi) is 4.85. The number of rotatable bonds is 3. The third-order valence-electron chi connectivity index (χ3n) is 5.62. The molecule has 2 heterocycles. The number of morpholine rings is 1. The number of hydrogen-bond donors (Lipinski definition) is 1. The summed E-state index contributed by atoms with van der Waals surface area (Å²) in [6.07, 6.45) is -0.428. The van der Waals surface area contributed by atoms with Crippen molar-refractivity contribution < 1.29 is 13.9 Å². The first-order valence-electron chi connectivity index (χ1n) is 10.1. The van der Waals surface area contributed by atoms with Crippen LogP contribution in [0.3, 0.4) is 0 Å². The maximum Gasteiger partial charge on any atom is 0.262 e. The van der Waals surface area contributed by atoms with E-state index in [2.05, 4.69) is 10.2 Å². The van der Waals surface area contributed by atoms with Crippen LogP contribution in [-0.2, 0) is 4.74 Å². The Labute approximate surface area is 174 Å². The Bertz CT molecular complexity index is 1050. The number of amides is 1. The third-order valence-corrected chi connectivity index (χ3v) is 5.62. The first-order valence-corrected chi connectivity index (χ1v) is 10.1. The second kappa shape index (κ2) is 7.80. The lowest BCUT2D eigenvalue weighted by atomic mass is 10.0. The van der Waals surface area contributed by atoms with Gasteiger partial charge in [0.2, 0.25) is 0 Å². The predicted octanol–water partition coefficient (Wildman–Crippen LogP) is 4.43. The number of carbonyl (C=O) groups is 1. The van der Waals surface area contributed by atoms with Crippen LogP contribution < -0.4 is 15.1 Å². The summed E-state index contributed by atoms with van der Waals surface area (Å²) in [4.78, 5) is 17.4. The van der Waals surface area contributed by atoms with Gasteiger partial charge in [-0.3, -0.25) is 9.69 Å². The van der Waals surface area contributed by atoms with Gasteiger partial charge in [-0.25, -0.2) is 4.39 Å². The van der Waals surface area contributed by atoms with Crippen LogP contribution in [0.5, 0.6) is 0 Å². The van der Waals surface area contributed by atoms with Gasteiger partial charge in [0.15, 0.2) is 0 Å². The molecule has 0 aliphatic carbocycles. The molecule has 5 rings (SSSR count). The van der Waals surface area contributed by atoms with Crippen LogP contribution in [0.1, 0.15) is 22.1 Å². The molecule has 30 heavy (non-hydrogen) atoms. The molecule has 1 saturated heterocycles. The van der Waals surface area contributed by atoms with Crippen LogP contribution in [0.2, 0.25) is 0 Å². The minimum atomic E-state index is -0.428. The van der Waals surface area contributed by atoms with Gasteiger partial charge in [0.05, 0.1) is 18.8 Å². The summed E-state index contributed by atoms with van der Waals surface area (Å²) in [5, 5.41) is 3.45. The Morgan fingerprint density at radius 1 is 0.867 bits per heavy atom. The monoisotopic (exact) mass is 403 g/mol. The van der Waals surface area contributed by atoms with E-state index in [0.717, 1.165) is 48.9 Å². The van der Waals surface area contributed by atoms with Crippen molar-refractivity contribution in [2.75, 3.05) is 41.4 Å². The Morgan fingerprint density at radius 2 is 1.53 bits per heavy atom. The number of nitrogens with zero attached hydrogens (tertiary/aromatic N) is 2. The Hall–Kier alpha value is -3.38. The normalized spacial score (nSPS) is 18.7. The summed E-state index contributed by atoms with van der Waals surface area (Å²) in [6, 6.07) is 21.7. The molecule has 0 bridgehead atoms. The molecule has 1 atom stereocenters. The number of halogens is 1. The fourth-order valence-corrected chi connectivity index (χ4v) is 4.04. The number of ether oxygens (including phenoxy) is 1. The second-order valence-corrected chi connectivity index (χ2v) is 7.43. The minimum Gasteiger partial charge on any atom is -0.378 e. The zero-order chi connectivity index (χ0) is 20.5. The van der Waals surface area contributed by atoms with Crippen LogP contribution in [0, 0.1) is 5.82 Å². The lowest BCUT2D eigenvalue weighted by molar-refractivity contribution is 0.0975. The van der Waals surface area contributed by atoms with Gasteiger partial charge in [0, 0.05) is 30.2 Å². The van der Waals surface area contributed by atoms with Crippen LogP contribution >= 0.6 is 0 Å². The van der Waals surface area contributed by atoms with E-state index in [0.29, 0.717) is 5.56 Å². The maximum absolute atomic E-state index is 13.5. The number of benzene rings is 3. The second-order valence-electron chi connectivity index (χ2n) is 7.43. The van der Waals surface area contributed by atoms with Gasteiger partial charge in [-0.1, -0.05) is 24.3 Å². The summed E-state index contributed by atoms with van der Waals surface area (Å²) in [7, 11) is 0. The molecule has 0 aromatic heterocycles. The number of carbonyl (C=O) groups excluding carboxylic acids is 1. The van der Waals surface area contributed by atoms with Gasteiger partial charge in [0.25, 0.3) is 5.91 Å². The predicted molar refractivity (Wildman–Crippen MR) is 115 cm³/mol. The number of hydrogen-bond acceptors (Lipinski definition) is 4. The highest BCUT2D eigenvalue weighted by Gasteiger charge is 2.34. The molecule has 0 radical (unpaired) electrons. The molecule has 152 valence electrons. The van der Waals surface area contributed by atoms with Gasteiger partial charge >= 0.3 is 0 Å². The molecule has 6 heteroatoms. The van der Waals surface area contributed by atoms with E-state index in [1.807, 2.05) is 48.5 Å². The van der Waals surface area contributed by atoms with E-state index < -0.39 is 6.17 Å². The van der Waals surface area contributed by atoms with E-state index in [4.69, 9.17) is 4.74 Å². The molecular formula is C24H22FN3O2. The molecule has 3 aromatic carbocycles.